The van der Waals surface area contributed by atoms with Crippen LogP contribution in [0.5, 0.6) is 0 Å². The van der Waals surface area contributed by atoms with Crippen molar-refractivity contribution >= 4 is 23.1 Å². The lowest BCUT2D eigenvalue weighted by Crippen LogP contribution is -2.40. The maximum absolute atomic E-state index is 13.7. The van der Waals surface area contributed by atoms with E-state index in [9.17, 15) is 9.59 Å². The van der Waals surface area contributed by atoms with E-state index in [1.54, 1.807) is 0 Å². The number of aryl methyl sites for hydroxylation is 1. The molecule has 1 fully saturated rings. The van der Waals surface area contributed by atoms with E-state index >= 15 is 0 Å². The molecule has 0 saturated carbocycles. The van der Waals surface area contributed by atoms with Gasteiger partial charge in [0.05, 0.1) is 18.8 Å². The molecule has 5 rings (SSSR count). The van der Waals surface area contributed by atoms with E-state index in [4.69, 9.17) is 4.74 Å². The molecule has 2 amide bonds. The lowest BCUT2D eigenvalue weighted by Gasteiger charge is -2.32. The summed E-state index contributed by atoms with van der Waals surface area (Å²) < 4.78 is 5.41. The summed E-state index contributed by atoms with van der Waals surface area (Å²) in [6.45, 7) is 5.35. The molecule has 1 saturated heterocycles. The number of anilines is 1. The zero-order chi connectivity index (χ0) is 21.9. The van der Waals surface area contributed by atoms with Crippen LogP contribution in [0.1, 0.15) is 24.0 Å². The molecule has 0 N–H and O–H groups in total. The van der Waals surface area contributed by atoms with Crippen LogP contribution < -0.4 is 4.90 Å². The number of morpholine rings is 1. The third-order valence-electron chi connectivity index (χ3n) is 6.55. The molecule has 6 nitrogen and oxygen atoms in total. The molecular formula is C26H29N3O3. The van der Waals surface area contributed by atoms with Gasteiger partial charge in [-0.2, -0.15) is 0 Å². The summed E-state index contributed by atoms with van der Waals surface area (Å²) in [6.07, 6.45) is 2.72. The van der Waals surface area contributed by atoms with Crippen molar-refractivity contribution in [3.63, 3.8) is 0 Å². The number of imide groups is 1. The second kappa shape index (κ2) is 9.27. The van der Waals surface area contributed by atoms with Crippen molar-refractivity contribution < 1.29 is 14.3 Å². The largest absolute Gasteiger partial charge is 0.379 e. The Morgan fingerprint density at radius 2 is 1.56 bits per heavy atom. The van der Waals surface area contributed by atoms with Crippen LogP contribution in [0.2, 0.25) is 0 Å². The Balaban J connectivity index is 1.44. The first-order valence-electron chi connectivity index (χ1n) is 11.6. The van der Waals surface area contributed by atoms with Crippen molar-refractivity contribution in [1.82, 2.24) is 9.80 Å². The fraction of sp³-hybridized carbons (Fsp3) is 0.385. The molecule has 2 aromatic carbocycles. The fourth-order valence-electron chi connectivity index (χ4n) is 4.92. The summed E-state index contributed by atoms with van der Waals surface area (Å²) in [5.74, 6) is -0.353. The van der Waals surface area contributed by atoms with Crippen LogP contribution in [0.4, 0.5) is 5.69 Å². The highest BCUT2D eigenvalue weighted by Crippen LogP contribution is 2.37. The predicted octanol–water partition coefficient (Wildman–Crippen LogP) is 2.94. The number of benzene rings is 2. The first kappa shape index (κ1) is 20.9. The number of rotatable bonds is 6. The molecule has 166 valence electrons. The Morgan fingerprint density at radius 1 is 0.812 bits per heavy atom. The van der Waals surface area contributed by atoms with Gasteiger partial charge in [0.2, 0.25) is 0 Å². The molecule has 32 heavy (non-hydrogen) atoms. The van der Waals surface area contributed by atoms with E-state index in [0.29, 0.717) is 17.8 Å². The minimum absolute atomic E-state index is 0.174. The van der Waals surface area contributed by atoms with Gasteiger partial charge in [0, 0.05) is 38.4 Å². The third kappa shape index (κ3) is 3.96. The Kier molecular flexibility index (Phi) is 6.06. The Labute approximate surface area is 189 Å². The molecule has 2 aromatic rings. The quantitative estimate of drug-likeness (QED) is 0.659. The van der Waals surface area contributed by atoms with Gasteiger partial charge in [-0.15, -0.1) is 0 Å². The molecule has 0 aromatic heterocycles. The molecule has 0 bridgehead atoms. The van der Waals surface area contributed by atoms with Crippen molar-refractivity contribution in [3.05, 3.63) is 71.4 Å². The monoisotopic (exact) mass is 431 g/mol. The Morgan fingerprint density at radius 3 is 2.38 bits per heavy atom. The number of carbonyl (C=O) groups excluding carboxylic acids is 2. The van der Waals surface area contributed by atoms with Gasteiger partial charge in [0.1, 0.15) is 5.70 Å². The minimum atomic E-state index is -0.179. The van der Waals surface area contributed by atoms with Gasteiger partial charge in [-0.1, -0.05) is 48.5 Å². The molecule has 0 radical (unpaired) electrons. The van der Waals surface area contributed by atoms with Gasteiger partial charge >= 0.3 is 0 Å². The lowest BCUT2D eigenvalue weighted by atomic mass is 9.98. The molecule has 3 aliphatic rings. The highest BCUT2D eigenvalue weighted by Gasteiger charge is 2.42. The van der Waals surface area contributed by atoms with E-state index < -0.39 is 0 Å². The van der Waals surface area contributed by atoms with Crippen LogP contribution in [0.3, 0.4) is 0 Å². The molecule has 3 aliphatic heterocycles. The van der Waals surface area contributed by atoms with Crippen LogP contribution in [-0.2, 0) is 20.7 Å². The van der Waals surface area contributed by atoms with Crippen molar-refractivity contribution in [1.29, 1.82) is 0 Å². The molecule has 6 heteroatoms. The first-order chi connectivity index (χ1) is 15.7. The molecule has 0 unspecified atom stereocenters. The maximum Gasteiger partial charge on any atom is 0.278 e. The van der Waals surface area contributed by atoms with Gasteiger partial charge < -0.3 is 9.64 Å². The van der Waals surface area contributed by atoms with Crippen LogP contribution in [0.25, 0.3) is 5.57 Å². The Hall–Kier alpha value is -2.96. The van der Waals surface area contributed by atoms with E-state index in [2.05, 4.69) is 21.9 Å². The normalized spacial score (nSPS) is 19.6. The van der Waals surface area contributed by atoms with Gasteiger partial charge in [-0.25, -0.2) is 0 Å². The van der Waals surface area contributed by atoms with Crippen molar-refractivity contribution in [2.24, 2.45) is 0 Å². The topological polar surface area (TPSA) is 53.1 Å². The fourth-order valence-corrected chi connectivity index (χ4v) is 4.92. The van der Waals surface area contributed by atoms with Gasteiger partial charge in [-0.05, 0) is 36.5 Å². The summed E-state index contributed by atoms with van der Waals surface area (Å²) in [4.78, 5) is 33.1. The molecule has 3 heterocycles. The first-order valence-corrected chi connectivity index (χ1v) is 11.6. The molecule has 0 aliphatic carbocycles. The van der Waals surface area contributed by atoms with Crippen LogP contribution >= 0.6 is 0 Å². The number of nitrogens with zero attached hydrogens (tertiary/aromatic N) is 3. The zero-order valence-corrected chi connectivity index (χ0v) is 18.3. The number of carbonyl (C=O) groups is 2. The average molecular weight is 432 g/mol. The highest BCUT2D eigenvalue weighted by molar-refractivity contribution is 6.36. The number of hydrogen-bond acceptors (Lipinski definition) is 5. The van der Waals surface area contributed by atoms with Crippen LogP contribution in [-0.4, -0.2) is 67.6 Å². The van der Waals surface area contributed by atoms with E-state index in [1.807, 2.05) is 42.5 Å². The summed E-state index contributed by atoms with van der Waals surface area (Å²) in [6, 6.07) is 17.8. The molecule has 0 spiro atoms. The van der Waals surface area contributed by atoms with Crippen LogP contribution in [0.15, 0.2) is 60.3 Å². The van der Waals surface area contributed by atoms with E-state index in [-0.39, 0.29) is 11.8 Å². The number of fused-ring (bicyclic) bond motifs is 1. The van der Waals surface area contributed by atoms with Gasteiger partial charge in [0.25, 0.3) is 11.8 Å². The SMILES string of the molecule is O=C1C(c2ccccc2)=C(N2CCCc3ccccc32)C(=O)N1CCCN1CCOCC1. The number of ether oxygens (including phenoxy) is 1. The summed E-state index contributed by atoms with van der Waals surface area (Å²) in [5.41, 5.74) is 4.13. The second-order valence-electron chi connectivity index (χ2n) is 8.54. The maximum atomic E-state index is 13.7. The van der Waals surface area contributed by atoms with Crippen molar-refractivity contribution in [2.45, 2.75) is 19.3 Å². The van der Waals surface area contributed by atoms with Gasteiger partial charge in [0.15, 0.2) is 0 Å². The molecule has 0 atom stereocenters. The average Bonchev–Trinajstić information content (AvgIpc) is 3.09. The third-order valence-corrected chi connectivity index (χ3v) is 6.55. The molecular weight excluding hydrogens is 402 g/mol. The number of hydrogen-bond donors (Lipinski definition) is 0. The summed E-state index contributed by atoms with van der Waals surface area (Å²) in [7, 11) is 0. The number of amides is 2. The van der Waals surface area contributed by atoms with Crippen LogP contribution in [0, 0.1) is 0 Å². The zero-order valence-electron chi connectivity index (χ0n) is 18.3. The standard InChI is InChI=1S/C26H29N3O3/c30-25-23(21-9-2-1-3-10-21)24(28-14-6-11-20-8-4-5-12-22(20)28)26(31)29(25)15-7-13-27-16-18-32-19-17-27/h1-5,8-10,12H,6-7,11,13-19H2. The summed E-state index contributed by atoms with van der Waals surface area (Å²) >= 11 is 0. The van der Waals surface area contributed by atoms with Gasteiger partial charge in [-0.3, -0.25) is 19.4 Å². The lowest BCUT2D eigenvalue weighted by molar-refractivity contribution is -0.137. The Bertz CT molecular complexity index is 1030. The van der Waals surface area contributed by atoms with Crippen molar-refractivity contribution in [2.75, 3.05) is 50.8 Å². The van der Waals surface area contributed by atoms with Crippen molar-refractivity contribution in [3.8, 4) is 0 Å². The van der Waals surface area contributed by atoms with E-state index in [0.717, 1.165) is 69.9 Å². The minimum Gasteiger partial charge on any atom is -0.379 e. The number of para-hydroxylation sites is 1. The second-order valence-corrected chi connectivity index (χ2v) is 8.54. The smallest absolute Gasteiger partial charge is 0.278 e. The summed E-state index contributed by atoms with van der Waals surface area (Å²) in [5, 5.41) is 0. The predicted molar refractivity (Wildman–Crippen MR) is 124 cm³/mol. The van der Waals surface area contributed by atoms with E-state index in [1.165, 1.54) is 10.5 Å². The highest BCUT2D eigenvalue weighted by atomic mass is 16.5.